The lowest BCUT2D eigenvalue weighted by atomic mass is 10.2. The van der Waals surface area contributed by atoms with Crippen LogP contribution in [0.25, 0.3) is 11.2 Å². The lowest BCUT2D eigenvalue weighted by Gasteiger charge is -2.03. The second-order valence-electron chi connectivity index (χ2n) is 5.27. The predicted octanol–water partition coefficient (Wildman–Crippen LogP) is 2.60. The number of hydrogen-bond donors (Lipinski definition) is 1. The Hall–Kier alpha value is -2.02. The minimum absolute atomic E-state index is 0.492. The maximum Gasteiger partial charge on any atom is 0.224 e. The van der Waals surface area contributed by atoms with Crippen molar-refractivity contribution >= 4 is 28.4 Å². The number of nitrogens with zero attached hydrogens (tertiary/aromatic N) is 5. The standard InChI is InChI=1S/C14H18N6S/c1-9(2)13-18-10(7-21-13)4-5-15-14-16-6-11-12(19-14)17-8-20(11)3/h6-9H,4-5H2,1-3H3,(H,15,16,19). The highest BCUT2D eigenvalue weighted by Crippen LogP contribution is 2.19. The summed E-state index contributed by atoms with van der Waals surface area (Å²) in [5, 5.41) is 6.54. The van der Waals surface area contributed by atoms with E-state index in [4.69, 9.17) is 0 Å². The number of fused-ring (bicyclic) bond motifs is 1. The number of rotatable bonds is 5. The summed E-state index contributed by atoms with van der Waals surface area (Å²) >= 11 is 1.73. The molecule has 3 aromatic heterocycles. The zero-order valence-electron chi connectivity index (χ0n) is 12.4. The van der Waals surface area contributed by atoms with Crippen LogP contribution in [0.3, 0.4) is 0 Å². The van der Waals surface area contributed by atoms with Crippen molar-refractivity contribution in [2.75, 3.05) is 11.9 Å². The molecule has 7 heteroatoms. The van der Waals surface area contributed by atoms with Crippen LogP contribution in [0.2, 0.25) is 0 Å². The monoisotopic (exact) mass is 302 g/mol. The van der Waals surface area contributed by atoms with Gasteiger partial charge >= 0.3 is 0 Å². The number of thiazole rings is 1. The zero-order chi connectivity index (χ0) is 14.8. The summed E-state index contributed by atoms with van der Waals surface area (Å²) in [7, 11) is 1.93. The lowest BCUT2D eigenvalue weighted by molar-refractivity contribution is 0.834. The molecule has 0 spiro atoms. The van der Waals surface area contributed by atoms with Gasteiger partial charge in [-0.05, 0) is 0 Å². The minimum atomic E-state index is 0.492. The lowest BCUT2D eigenvalue weighted by Crippen LogP contribution is -2.08. The van der Waals surface area contributed by atoms with Gasteiger partial charge in [0.2, 0.25) is 5.95 Å². The summed E-state index contributed by atoms with van der Waals surface area (Å²) in [6.07, 6.45) is 4.40. The van der Waals surface area contributed by atoms with Crippen molar-refractivity contribution in [1.82, 2.24) is 24.5 Å². The van der Waals surface area contributed by atoms with Crippen LogP contribution >= 0.6 is 11.3 Å². The van der Waals surface area contributed by atoms with Crippen molar-refractivity contribution < 1.29 is 0 Å². The average Bonchev–Trinajstić information content (AvgIpc) is 3.07. The third-order valence-electron chi connectivity index (χ3n) is 3.21. The van der Waals surface area contributed by atoms with Crippen LogP contribution in [0.1, 0.15) is 30.5 Å². The minimum Gasteiger partial charge on any atom is -0.354 e. The van der Waals surface area contributed by atoms with Crippen LogP contribution in [0.5, 0.6) is 0 Å². The van der Waals surface area contributed by atoms with Crippen LogP contribution in [0, 0.1) is 0 Å². The van der Waals surface area contributed by atoms with E-state index in [-0.39, 0.29) is 0 Å². The molecule has 0 aliphatic carbocycles. The number of aryl methyl sites for hydroxylation is 1. The largest absolute Gasteiger partial charge is 0.354 e. The molecule has 3 heterocycles. The summed E-state index contributed by atoms with van der Waals surface area (Å²) in [5.74, 6) is 1.10. The van der Waals surface area contributed by atoms with E-state index in [9.17, 15) is 0 Å². The first-order valence-corrected chi connectivity index (χ1v) is 7.83. The van der Waals surface area contributed by atoms with Gasteiger partial charge in [-0.1, -0.05) is 13.8 Å². The second-order valence-corrected chi connectivity index (χ2v) is 6.16. The smallest absolute Gasteiger partial charge is 0.224 e. The Labute approximate surface area is 127 Å². The van der Waals surface area contributed by atoms with Gasteiger partial charge < -0.3 is 9.88 Å². The maximum absolute atomic E-state index is 4.62. The molecule has 0 aliphatic rings. The molecule has 3 aromatic rings. The van der Waals surface area contributed by atoms with Crippen LogP contribution < -0.4 is 5.32 Å². The Morgan fingerprint density at radius 1 is 1.29 bits per heavy atom. The van der Waals surface area contributed by atoms with Gasteiger partial charge in [0.15, 0.2) is 5.65 Å². The third-order valence-corrected chi connectivity index (χ3v) is 4.41. The molecule has 0 amide bonds. The van der Waals surface area contributed by atoms with E-state index < -0.39 is 0 Å². The Balaban J connectivity index is 1.60. The Morgan fingerprint density at radius 3 is 2.90 bits per heavy atom. The number of nitrogens with one attached hydrogen (secondary N) is 1. The van der Waals surface area contributed by atoms with Gasteiger partial charge in [-0.25, -0.2) is 15.0 Å². The predicted molar refractivity (Wildman–Crippen MR) is 84.7 cm³/mol. The summed E-state index contributed by atoms with van der Waals surface area (Å²) in [6, 6.07) is 0. The van der Waals surface area contributed by atoms with Gasteiger partial charge in [-0.3, -0.25) is 0 Å². The van der Waals surface area contributed by atoms with E-state index in [2.05, 4.69) is 44.5 Å². The number of aromatic nitrogens is 5. The highest BCUT2D eigenvalue weighted by Gasteiger charge is 2.07. The van der Waals surface area contributed by atoms with Crippen molar-refractivity contribution in [2.45, 2.75) is 26.2 Å². The van der Waals surface area contributed by atoms with Crippen molar-refractivity contribution in [3.63, 3.8) is 0 Å². The summed E-state index contributed by atoms with van der Waals surface area (Å²) in [4.78, 5) is 17.5. The molecule has 0 aliphatic heterocycles. The molecular formula is C14H18N6S. The molecule has 0 fully saturated rings. The van der Waals surface area contributed by atoms with E-state index >= 15 is 0 Å². The molecule has 0 aromatic carbocycles. The molecule has 0 unspecified atom stereocenters. The van der Waals surface area contributed by atoms with Crippen LogP contribution in [0.4, 0.5) is 5.95 Å². The van der Waals surface area contributed by atoms with E-state index in [0.29, 0.717) is 17.5 Å². The van der Waals surface area contributed by atoms with Crippen molar-refractivity contribution in [3.05, 3.63) is 28.6 Å². The Bertz CT molecular complexity index is 745. The Morgan fingerprint density at radius 2 is 2.14 bits per heavy atom. The van der Waals surface area contributed by atoms with Gasteiger partial charge in [-0.2, -0.15) is 4.98 Å². The van der Waals surface area contributed by atoms with Crippen molar-refractivity contribution in [3.8, 4) is 0 Å². The van der Waals surface area contributed by atoms with Crippen molar-refractivity contribution in [2.24, 2.45) is 7.05 Å². The van der Waals surface area contributed by atoms with Crippen LogP contribution in [-0.2, 0) is 13.5 Å². The van der Waals surface area contributed by atoms with E-state index in [0.717, 1.165) is 24.2 Å². The molecule has 0 radical (unpaired) electrons. The zero-order valence-corrected chi connectivity index (χ0v) is 13.2. The summed E-state index contributed by atoms with van der Waals surface area (Å²) < 4.78 is 1.90. The SMILES string of the molecule is CC(C)c1nc(CCNc2ncc3c(ncn3C)n2)cs1. The molecule has 0 atom stereocenters. The van der Waals surface area contributed by atoms with Crippen LogP contribution in [0.15, 0.2) is 17.9 Å². The number of hydrogen-bond acceptors (Lipinski definition) is 6. The fourth-order valence-corrected chi connectivity index (χ4v) is 2.87. The first kappa shape index (κ1) is 13.9. The first-order chi connectivity index (χ1) is 10.1. The third kappa shape index (κ3) is 3.02. The van der Waals surface area contributed by atoms with Crippen molar-refractivity contribution in [1.29, 1.82) is 0 Å². The quantitative estimate of drug-likeness (QED) is 0.784. The molecule has 3 rings (SSSR count). The van der Waals surface area contributed by atoms with Gasteiger partial charge in [0.1, 0.15) is 5.52 Å². The average molecular weight is 302 g/mol. The number of imidazole rings is 1. The summed E-state index contributed by atoms with van der Waals surface area (Å²) in [5.41, 5.74) is 2.77. The number of anilines is 1. The fraction of sp³-hybridized carbons (Fsp3) is 0.429. The second kappa shape index (κ2) is 5.77. The molecule has 0 saturated carbocycles. The van der Waals surface area contributed by atoms with Gasteiger partial charge in [-0.15, -0.1) is 11.3 Å². The molecule has 1 N–H and O–H groups in total. The van der Waals surface area contributed by atoms with E-state index in [1.54, 1.807) is 23.9 Å². The molecule has 6 nitrogen and oxygen atoms in total. The highest BCUT2D eigenvalue weighted by atomic mass is 32.1. The first-order valence-electron chi connectivity index (χ1n) is 6.95. The van der Waals surface area contributed by atoms with Gasteiger partial charge in [0.05, 0.1) is 23.2 Å². The normalized spacial score (nSPS) is 11.4. The van der Waals surface area contributed by atoms with E-state index in [1.165, 1.54) is 5.01 Å². The highest BCUT2D eigenvalue weighted by molar-refractivity contribution is 7.09. The molecule has 110 valence electrons. The molecular weight excluding hydrogens is 284 g/mol. The Kier molecular flexibility index (Phi) is 3.83. The molecule has 0 bridgehead atoms. The van der Waals surface area contributed by atoms with Crippen LogP contribution in [-0.4, -0.2) is 31.0 Å². The molecule has 21 heavy (non-hydrogen) atoms. The maximum atomic E-state index is 4.62. The van der Waals surface area contributed by atoms with Gasteiger partial charge in [0.25, 0.3) is 0 Å². The van der Waals surface area contributed by atoms with Gasteiger partial charge in [0, 0.05) is 31.3 Å². The topological polar surface area (TPSA) is 68.5 Å². The molecule has 0 saturated heterocycles. The van der Waals surface area contributed by atoms with E-state index in [1.807, 2.05) is 11.6 Å². The summed E-state index contributed by atoms with van der Waals surface area (Å²) in [6.45, 7) is 5.09. The fourth-order valence-electron chi connectivity index (χ4n) is 2.00.